The number of carbonyl (C=O) groups is 1. The predicted octanol–water partition coefficient (Wildman–Crippen LogP) is 5.40. The standard InChI is InChI=1S/C28H32BrFN4O4/c1-6-36-22-14-18-15-34(27(32-29)23(18)24(30)26(22)37-7-2)16-21(35)17-12-19(28(3,4)5)25-20(13-17)33(9-8-31)10-11-38-25/h12-14H,6-7,9-11,15-16H2,1-5H3. The molecule has 38 heavy (non-hydrogen) atoms. The van der Waals surface area contributed by atoms with E-state index in [0.29, 0.717) is 48.2 Å². The molecular weight excluding hydrogens is 555 g/mol. The van der Waals surface area contributed by atoms with Gasteiger partial charge in [0.2, 0.25) is 0 Å². The summed E-state index contributed by atoms with van der Waals surface area (Å²) in [4.78, 5) is 17.4. The number of halogens is 2. The van der Waals surface area contributed by atoms with Crippen molar-refractivity contribution < 1.29 is 23.4 Å². The fourth-order valence-corrected chi connectivity index (χ4v) is 5.24. The molecule has 0 aromatic heterocycles. The summed E-state index contributed by atoms with van der Waals surface area (Å²) in [6, 6.07) is 7.61. The topological polar surface area (TPSA) is 87.4 Å². The van der Waals surface area contributed by atoms with Crippen LogP contribution >= 0.6 is 16.1 Å². The molecule has 8 nitrogen and oxygen atoms in total. The summed E-state index contributed by atoms with van der Waals surface area (Å²) in [7, 11) is 0. The van der Waals surface area contributed by atoms with Gasteiger partial charge in [-0.15, -0.1) is 0 Å². The molecule has 2 aromatic carbocycles. The maximum Gasteiger partial charge on any atom is 0.197 e. The van der Waals surface area contributed by atoms with Gasteiger partial charge in [0.05, 0.1) is 59.8 Å². The van der Waals surface area contributed by atoms with Crippen LogP contribution in [0.1, 0.15) is 61.7 Å². The summed E-state index contributed by atoms with van der Waals surface area (Å²) in [6.45, 7) is 11.9. The number of Topliss-reactive ketones (excluding diaryl/α,β-unsaturated/α-hetero) is 1. The number of rotatable bonds is 8. The van der Waals surface area contributed by atoms with Crippen molar-refractivity contribution in [2.45, 2.75) is 46.6 Å². The molecule has 0 atom stereocenters. The summed E-state index contributed by atoms with van der Waals surface area (Å²) in [6.07, 6.45) is 0. The molecule has 0 saturated carbocycles. The van der Waals surface area contributed by atoms with E-state index in [2.05, 4.69) is 47.0 Å². The summed E-state index contributed by atoms with van der Waals surface area (Å²) >= 11 is 3.13. The fraction of sp³-hybridized carbons (Fsp3) is 0.464. The molecule has 0 aliphatic carbocycles. The lowest BCUT2D eigenvalue weighted by molar-refractivity contribution is 0.0963. The number of nitrogens with zero attached hydrogens (tertiary/aromatic N) is 4. The molecule has 0 spiro atoms. The molecular formula is C28H32BrFN4O4. The Morgan fingerprint density at radius 2 is 1.95 bits per heavy atom. The average molecular weight is 587 g/mol. The van der Waals surface area contributed by atoms with Crippen molar-refractivity contribution in [1.29, 1.82) is 5.26 Å². The summed E-state index contributed by atoms with van der Waals surface area (Å²) in [5.41, 5.74) is 2.79. The Hall–Kier alpha value is -3.32. The molecule has 202 valence electrons. The number of anilines is 1. The Balaban J connectivity index is 1.70. The molecule has 0 fully saturated rings. The van der Waals surface area contributed by atoms with Gasteiger partial charge in [-0.05, 0) is 43.0 Å². The second-order valence-corrected chi connectivity index (χ2v) is 10.5. The second kappa shape index (κ2) is 11.2. The van der Waals surface area contributed by atoms with E-state index in [1.165, 1.54) is 0 Å². The molecule has 0 unspecified atom stereocenters. The van der Waals surface area contributed by atoms with Gasteiger partial charge in [0.1, 0.15) is 24.7 Å². The Morgan fingerprint density at radius 1 is 1.21 bits per heavy atom. The number of nitriles is 1. The Morgan fingerprint density at radius 3 is 2.58 bits per heavy atom. The summed E-state index contributed by atoms with van der Waals surface area (Å²) in [5, 5.41) is 9.34. The summed E-state index contributed by atoms with van der Waals surface area (Å²) < 4.78 is 37.0. The number of ether oxygens (including phenoxy) is 3. The summed E-state index contributed by atoms with van der Waals surface area (Å²) in [5.74, 6) is 0.678. The largest absolute Gasteiger partial charge is 0.490 e. The van der Waals surface area contributed by atoms with Crippen LogP contribution < -0.4 is 19.1 Å². The van der Waals surface area contributed by atoms with Gasteiger partial charge in [0.25, 0.3) is 0 Å². The van der Waals surface area contributed by atoms with Crippen LogP contribution in [-0.2, 0) is 12.0 Å². The Bertz CT molecular complexity index is 1320. The number of benzene rings is 2. The first-order chi connectivity index (χ1) is 18.1. The minimum Gasteiger partial charge on any atom is -0.490 e. The van der Waals surface area contributed by atoms with Gasteiger partial charge in [-0.25, -0.2) is 4.39 Å². The highest BCUT2D eigenvalue weighted by Gasteiger charge is 2.35. The van der Waals surface area contributed by atoms with Crippen LogP contribution in [0.4, 0.5) is 10.1 Å². The van der Waals surface area contributed by atoms with Gasteiger partial charge in [-0.1, -0.05) is 20.8 Å². The predicted molar refractivity (Wildman–Crippen MR) is 147 cm³/mol. The van der Waals surface area contributed by atoms with E-state index in [1.54, 1.807) is 24.0 Å². The number of carbonyl (C=O) groups excluding carboxylic acids is 1. The van der Waals surface area contributed by atoms with E-state index in [1.807, 2.05) is 17.9 Å². The van der Waals surface area contributed by atoms with E-state index in [9.17, 15) is 10.1 Å². The zero-order chi connectivity index (χ0) is 27.6. The van der Waals surface area contributed by atoms with Crippen LogP contribution in [0.25, 0.3) is 0 Å². The van der Waals surface area contributed by atoms with Crippen molar-refractivity contribution in [2.24, 2.45) is 4.02 Å². The minimum absolute atomic E-state index is 0.0199. The van der Waals surface area contributed by atoms with E-state index >= 15 is 4.39 Å². The van der Waals surface area contributed by atoms with Crippen molar-refractivity contribution in [2.75, 3.05) is 44.4 Å². The zero-order valence-electron chi connectivity index (χ0n) is 22.4. The van der Waals surface area contributed by atoms with Crippen molar-refractivity contribution in [3.05, 3.63) is 46.3 Å². The van der Waals surface area contributed by atoms with Crippen LogP contribution in [-0.4, -0.2) is 56.0 Å². The molecule has 4 rings (SSSR count). The zero-order valence-corrected chi connectivity index (χ0v) is 23.9. The molecule has 2 heterocycles. The first-order valence-electron chi connectivity index (χ1n) is 12.7. The lowest BCUT2D eigenvalue weighted by Gasteiger charge is -2.34. The number of ketones is 1. The maximum atomic E-state index is 15.6. The molecule has 2 aromatic rings. The third-order valence-corrected chi connectivity index (χ3v) is 6.90. The van der Waals surface area contributed by atoms with Crippen molar-refractivity contribution >= 4 is 33.5 Å². The third-order valence-electron chi connectivity index (χ3n) is 6.57. The van der Waals surface area contributed by atoms with Crippen LogP contribution in [0.15, 0.2) is 22.2 Å². The highest BCUT2D eigenvalue weighted by Crippen LogP contribution is 2.43. The Kier molecular flexibility index (Phi) is 8.16. The number of fused-ring (bicyclic) bond motifs is 2. The van der Waals surface area contributed by atoms with Crippen LogP contribution in [0, 0.1) is 17.1 Å². The molecule has 2 aliphatic rings. The van der Waals surface area contributed by atoms with Gasteiger partial charge >= 0.3 is 0 Å². The lowest BCUT2D eigenvalue weighted by Crippen LogP contribution is -2.35. The highest BCUT2D eigenvalue weighted by atomic mass is 79.9. The quantitative estimate of drug-likeness (QED) is 0.302. The molecule has 0 saturated heterocycles. The fourth-order valence-electron chi connectivity index (χ4n) is 4.84. The van der Waals surface area contributed by atoms with E-state index < -0.39 is 5.82 Å². The van der Waals surface area contributed by atoms with Gasteiger partial charge in [0, 0.05) is 17.7 Å². The first-order valence-corrected chi connectivity index (χ1v) is 13.4. The molecule has 0 N–H and O–H groups in total. The first kappa shape index (κ1) is 27.7. The third kappa shape index (κ3) is 5.17. The normalized spacial score (nSPS) is 15.6. The maximum absolute atomic E-state index is 15.6. The SMILES string of the molecule is CCOc1cc2c(c(F)c1OCC)C(=NBr)N(CC(=O)c1cc3c(c(C(C)(C)C)c1)OCCN3CC#N)C2. The van der Waals surface area contributed by atoms with Crippen molar-refractivity contribution in [1.82, 2.24) is 4.90 Å². The van der Waals surface area contributed by atoms with E-state index in [-0.39, 0.29) is 48.8 Å². The van der Waals surface area contributed by atoms with Gasteiger partial charge in [-0.2, -0.15) is 9.28 Å². The smallest absolute Gasteiger partial charge is 0.197 e. The van der Waals surface area contributed by atoms with Crippen LogP contribution in [0.3, 0.4) is 0 Å². The Labute approximate surface area is 231 Å². The number of amidine groups is 1. The molecule has 0 bridgehead atoms. The number of hydrogen-bond acceptors (Lipinski definition) is 7. The average Bonchev–Trinajstić information content (AvgIpc) is 3.22. The van der Waals surface area contributed by atoms with E-state index in [4.69, 9.17) is 14.2 Å². The van der Waals surface area contributed by atoms with Crippen LogP contribution in [0.5, 0.6) is 17.2 Å². The van der Waals surface area contributed by atoms with Crippen molar-refractivity contribution in [3.8, 4) is 23.3 Å². The molecule has 2 aliphatic heterocycles. The molecule has 0 amide bonds. The molecule has 10 heteroatoms. The minimum atomic E-state index is -0.561. The van der Waals surface area contributed by atoms with Gasteiger partial charge < -0.3 is 24.0 Å². The molecule has 0 radical (unpaired) electrons. The van der Waals surface area contributed by atoms with Crippen LogP contribution in [0.2, 0.25) is 0 Å². The monoisotopic (exact) mass is 586 g/mol. The number of hydrogen-bond donors (Lipinski definition) is 0. The lowest BCUT2D eigenvalue weighted by atomic mass is 9.84. The van der Waals surface area contributed by atoms with Gasteiger partial charge in [-0.3, -0.25) is 4.79 Å². The second-order valence-electron chi connectivity index (χ2n) is 10.2. The van der Waals surface area contributed by atoms with Gasteiger partial charge in [0.15, 0.2) is 23.1 Å². The van der Waals surface area contributed by atoms with E-state index in [0.717, 1.165) is 11.3 Å². The highest BCUT2D eigenvalue weighted by molar-refractivity contribution is 9.08. The van der Waals surface area contributed by atoms with Crippen molar-refractivity contribution in [3.63, 3.8) is 0 Å².